The molecule has 0 unspecified atom stereocenters. The van der Waals surface area contributed by atoms with Crippen LogP contribution in [-0.2, 0) is 11.3 Å². The number of imidazole rings is 1. The molecule has 33 heavy (non-hydrogen) atoms. The molecule has 1 amide bonds. The van der Waals surface area contributed by atoms with E-state index in [2.05, 4.69) is 15.4 Å². The van der Waals surface area contributed by atoms with Crippen molar-refractivity contribution in [1.82, 2.24) is 14.6 Å². The van der Waals surface area contributed by atoms with Gasteiger partial charge in [-0.1, -0.05) is 18.2 Å². The van der Waals surface area contributed by atoms with Crippen LogP contribution in [0.4, 0.5) is 15.9 Å². The van der Waals surface area contributed by atoms with E-state index in [1.807, 2.05) is 0 Å². The minimum absolute atomic E-state index is 0.263. The molecule has 0 atom stereocenters. The number of rotatable bonds is 7. The summed E-state index contributed by atoms with van der Waals surface area (Å²) in [4.78, 5) is 30.9. The van der Waals surface area contributed by atoms with E-state index in [0.29, 0.717) is 29.3 Å². The lowest BCUT2D eigenvalue weighted by Crippen LogP contribution is -2.28. The zero-order valence-electron chi connectivity index (χ0n) is 18.2. The molecule has 4 aromatic rings. The van der Waals surface area contributed by atoms with Crippen LogP contribution in [0.25, 0.3) is 5.65 Å². The number of carbonyl (C=O) groups excluding carboxylic acids is 2. The van der Waals surface area contributed by atoms with Gasteiger partial charge in [0, 0.05) is 19.3 Å². The number of amides is 1. The van der Waals surface area contributed by atoms with Crippen molar-refractivity contribution in [2.24, 2.45) is 0 Å². The maximum atomic E-state index is 13.2. The first kappa shape index (κ1) is 21.9. The molecular weight excluding hydrogens is 425 g/mol. The van der Waals surface area contributed by atoms with Crippen LogP contribution in [0, 0.1) is 5.82 Å². The van der Waals surface area contributed by atoms with Crippen molar-refractivity contribution in [1.29, 1.82) is 0 Å². The van der Waals surface area contributed by atoms with E-state index in [4.69, 9.17) is 4.74 Å². The van der Waals surface area contributed by atoms with Crippen molar-refractivity contribution < 1.29 is 18.7 Å². The first-order chi connectivity index (χ1) is 16.0. The van der Waals surface area contributed by atoms with Gasteiger partial charge in [0.15, 0.2) is 11.3 Å². The lowest BCUT2D eigenvalue weighted by atomic mass is 10.2. The number of halogens is 1. The van der Waals surface area contributed by atoms with Crippen LogP contribution in [-0.4, -0.2) is 40.1 Å². The number of aromatic nitrogens is 3. The summed E-state index contributed by atoms with van der Waals surface area (Å²) in [5.41, 5.74) is 2.56. The molecule has 8 nitrogen and oxygen atoms in total. The topological polar surface area (TPSA) is 88.8 Å². The molecule has 0 bridgehead atoms. The number of esters is 1. The van der Waals surface area contributed by atoms with E-state index in [9.17, 15) is 14.0 Å². The van der Waals surface area contributed by atoms with Crippen molar-refractivity contribution in [3.8, 4) is 0 Å². The van der Waals surface area contributed by atoms with E-state index in [0.717, 1.165) is 5.56 Å². The molecule has 2 heterocycles. The number of fused-ring (bicyclic) bond motifs is 1. The van der Waals surface area contributed by atoms with E-state index in [1.54, 1.807) is 62.5 Å². The number of hydrogen-bond donors (Lipinski definition) is 1. The quantitative estimate of drug-likeness (QED) is 0.432. The van der Waals surface area contributed by atoms with Crippen molar-refractivity contribution in [3.05, 3.63) is 89.5 Å². The van der Waals surface area contributed by atoms with Gasteiger partial charge < -0.3 is 15.0 Å². The van der Waals surface area contributed by atoms with Gasteiger partial charge in [0.25, 0.3) is 5.91 Å². The van der Waals surface area contributed by atoms with E-state index >= 15 is 0 Å². The second-order valence-corrected chi connectivity index (χ2v) is 7.25. The average molecular weight is 447 g/mol. The molecule has 4 rings (SSSR count). The third-order valence-electron chi connectivity index (χ3n) is 5.02. The Morgan fingerprint density at radius 3 is 2.67 bits per heavy atom. The largest absolute Gasteiger partial charge is 0.462 e. The lowest BCUT2D eigenvalue weighted by Gasteiger charge is -2.17. The van der Waals surface area contributed by atoms with Crippen molar-refractivity contribution in [2.75, 3.05) is 23.9 Å². The molecule has 0 aliphatic carbocycles. The number of anilines is 2. The second kappa shape index (κ2) is 9.47. The Hall–Kier alpha value is -4.27. The molecule has 9 heteroatoms. The summed E-state index contributed by atoms with van der Waals surface area (Å²) >= 11 is 0. The van der Waals surface area contributed by atoms with Crippen LogP contribution in [0.2, 0.25) is 0 Å². The Labute approximate surface area is 189 Å². The molecule has 1 N–H and O–H groups in total. The fourth-order valence-corrected chi connectivity index (χ4v) is 3.25. The minimum atomic E-state index is -0.450. The van der Waals surface area contributed by atoms with Crippen LogP contribution < -0.4 is 10.2 Å². The molecule has 0 radical (unpaired) electrons. The van der Waals surface area contributed by atoms with Crippen molar-refractivity contribution >= 4 is 29.0 Å². The second-order valence-electron chi connectivity index (χ2n) is 7.25. The van der Waals surface area contributed by atoms with Crippen molar-refractivity contribution in [3.63, 3.8) is 0 Å². The molecular formula is C24H22FN5O3. The summed E-state index contributed by atoms with van der Waals surface area (Å²) in [5, 5.41) is 7.65. The monoisotopic (exact) mass is 447 g/mol. The Bertz CT molecular complexity index is 1300. The summed E-state index contributed by atoms with van der Waals surface area (Å²) in [6, 6.07) is 16.3. The highest BCUT2D eigenvalue weighted by molar-refractivity contribution is 6.05. The summed E-state index contributed by atoms with van der Waals surface area (Å²) in [6.07, 6.45) is 1.46. The summed E-state index contributed by atoms with van der Waals surface area (Å²) in [6.45, 7) is 2.44. The molecule has 0 aliphatic heterocycles. The normalized spacial score (nSPS) is 10.8. The minimum Gasteiger partial charge on any atom is -0.462 e. The number of benzene rings is 2. The van der Waals surface area contributed by atoms with Gasteiger partial charge in [0.1, 0.15) is 11.6 Å². The standard InChI is InChI=1S/C24H22FN5O3/c1-3-33-24(32)17-5-4-6-19(13-17)29(2)23(31)20-15-27-22-12-11-21(28-30(20)22)26-14-16-7-9-18(25)10-8-16/h4-13,15H,3,14H2,1-2H3,(H,26,28). The number of nitrogens with zero attached hydrogens (tertiary/aromatic N) is 4. The molecule has 168 valence electrons. The molecule has 2 aromatic carbocycles. The highest BCUT2D eigenvalue weighted by atomic mass is 19.1. The Morgan fingerprint density at radius 2 is 1.91 bits per heavy atom. The van der Waals surface area contributed by atoms with Gasteiger partial charge in [0.2, 0.25) is 0 Å². The highest BCUT2D eigenvalue weighted by Crippen LogP contribution is 2.19. The van der Waals surface area contributed by atoms with Gasteiger partial charge in [-0.05, 0) is 55.0 Å². The van der Waals surface area contributed by atoms with Gasteiger partial charge >= 0.3 is 5.97 Å². The Balaban J connectivity index is 1.55. The predicted octanol–water partition coefficient (Wildman–Crippen LogP) is 3.93. The van der Waals surface area contributed by atoms with Crippen LogP contribution >= 0.6 is 0 Å². The van der Waals surface area contributed by atoms with Crippen LogP contribution in [0.5, 0.6) is 0 Å². The number of carbonyl (C=O) groups is 2. The molecule has 0 fully saturated rings. The molecule has 2 aromatic heterocycles. The van der Waals surface area contributed by atoms with Gasteiger partial charge in [-0.25, -0.2) is 18.7 Å². The maximum Gasteiger partial charge on any atom is 0.338 e. The van der Waals surface area contributed by atoms with Gasteiger partial charge in [-0.2, -0.15) is 0 Å². The molecule has 0 aliphatic rings. The molecule has 0 spiro atoms. The smallest absolute Gasteiger partial charge is 0.338 e. The lowest BCUT2D eigenvalue weighted by molar-refractivity contribution is 0.0526. The molecule has 0 saturated carbocycles. The summed E-state index contributed by atoms with van der Waals surface area (Å²) < 4.78 is 19.6. The number of nitrogens with one attached hydrogen (secondary N) is 1. The first-order valence-corrected chi connectivity index (χ1v) is 10.3. The zero-order chi connectivity index (χ0) is 23.4. The van der Waals surface area contributed by atoms with E-state index < -0.39 is 5.97 Å². The molecule has 0 saturated heterocycles. The third-order valence-corrected chi connectivity index (χ3v) is 5.02. The first-order valence-electron chi connectivity index (χ1n) is 10.3. The maximum absolute atomic E-state index is 13.2. The highest BCUT2D eigenvalue weighted by Gasteiger charge is 2.20. The zero-order valence-corrected chi connectivity index (χ0v) is 18.2. The SMILES string of the molecule is CCOC(=O)c1cccc(N(C)C(=O)c2cnc3ccc(NCc4ccc(F)cc4)nn23)c1. The van der Waals surface area contributed by atoms with Crippen LogP contribution in [0.3, 0.4) is 0 Å². The summed E-state index contributed by atoms with van der Waals surface area (Å²) in [7, 11) is 1.61. The third kappa shape index (κ3) is 4.82. The van der Waals surface area contributed by atoms with Crippen LogP contribution in [0.1, 0.15) is 33.3 Å². The van der Waals surface area contributed by atoms with Crippen molar-refractivity contribution in [2.45, 2.75) is 13.5 Å². The fraction of sp³-hybridized carbons (Fsp3) is 0.167. The average Bonchev–Trinajstić information content (AvgIpc) is 3.26. The predicted molar refractivity (Wildman–Crippen MR) is 122 cm³/mol. The summed E-state index contributed by atoms with van der Waals surface area (Å²) in [5.74, 6) is -0.553. The van der Waals surface area contributed by atoms with Crippen LogP contribution in [0.15, 0.2) is 66.9 Å². The van der Waals surface area contributed by atoms with Gasteiger partial charge in [-0.3, -0.25) is 4.79 Å². The fourth-order valence-electron chi connectivity index (χ4n) is 3.25. The Morgan fingerprint density at radius 1 is 1.12 bits per heavy atom. The van der Waals surface area contributed by atoms with Gasteiger partial charge in [0.05, 0.1) is 18.4 Å². The number of hydrogen-bond acceptors (Lipinski definition) is 6. The van der Waals surface area contributed by atoms with E-state index in [-0.39, 0.29) is 24.0 Å². The number of ether oxygens (including phenoxy) is 1. The van der Waals surface area contributed by atoms with Gasteiger partial charge in [-0.15, -0.1) is 5.10 Å². The van der Waals surface area contributed by atoms with E-state index in [1.165, 1.54) is 27.7 Å². The Kier molecular flexibility index (Phi) is 6.30.